The Hall–Kier alpha value is -2.80. The smallest absolute Gasteiger partial charge is 0.230 e. The Morgan fingerprint density at radius 1 is 1.03 bits per heavy atom. The number of thioether (sulfide) groups is 1. The molecule has 0 aromatic heterocycles. The van der Waals surface area contributed by atoms with Gasteiger partial charge in [-0.3, -0.25) is 14.4 Å². The van der Waals surface area contributed by atoms with E-state index in [9.17, 15) is 19.5 Å². The normalized spacial score (nSPS) is 16.1. The van der Waals surface area contributed by atoms with Gasteiger partial charge in [0.2, 0.25) is 16.9 Å². The molecule has 32 heavy (non-hydrogen) atoms. The zero-order chi connectivity index (χ0) is 23.1. The maximum atomic E-state index is 13.1. The van der Waals surface area contributed by atoms with Crippen LogP contribution in [0, 0.1) is 5.41 Å². The molecule has 1 aliphatic carbocycles. The van der Waals surface area contributed by atoms with Crippen LogP contribution < -0.4 is 10.6 Å². The molecule has 0 bridgehead atoms. The first-order chi connectivity index (χ1) is 15.3. The number of amides is 2. The van der Waals surface area contributed by atoms with Crippen LogP contribution in [0.5, 0.6) is 5.75 Å². The van der Waals surface area contributed by atoms with Gasteiger partial charge in [0.1, 0.15) is 11.8 Å². The quantitative estimate of drug-likeness (QED) is 0.529. The molecule has 7 heteroatoms. The first-order valence-electron chi connectivity index (χ1n) is 10.9. The summed E-state index contributed by atoms with van der Waals surface area (Å²) in [5.41, 5.74) is 1.04. The average Bonchev–Trinajstić information content (AvgIpc) is 2.76. The number of benzene rings is 2. The Kier molecular flexibility index (Phi) is 7.96. The molecule has 0 saturated heterocycles. The van der Waals surface area contributed by atoms with Gasteiger partial charge in [-0.25, -0.2) is 0 Å². The maximum Gasteiger partial charge on any atom is 0.230 e. The molecule has 0 spiro atoms. The van der Waals surface area contributed by atoms with Gasteiger partial charge in [0, 0.05) is 23.7 Å². The largest absolute Gasteiger partial charge is 0.508 e. The van der Waals surface area contributed by atoms with Crippen molar-refractivity contribution in [1.82, 2.24) is 5.32 Å². The van der Waals surface area contributed by atoms with Gasteiger partial charge >= 0.3 is 0 Å². The van der Waals surface area contributed by atoms with Crippen molar-refractivity contribution in [3.63, 3.8) is 0 Å². The van der Waals surface area contributed by atoms with Gasteiger partial charge in [-0.2, -0.15) is 0 Å². The molecule has 170 valence electrons. The lowest BCUT2D eigenvalue weighted by Crippen LogP contribution is -2.40. The van der Waals surface area contributed by atoms with Crippen LogP contribution in [0.1, 0.15) is 51.5 Å². The molecular formula is C25H30N2O4S. The Bertz CT molecular complexity index is 968. The molecule has 1 saturated carbocycles. The number of hydrogen-bond acceptors (Lipinski definition) is 5. The van der Waals surface area contributed by atoms with E-state index in [-0.39, 0.29) is 22.7 Å². The Labute approximate surface area is 193 Å². The van der Waals surface area contributed by atoms with Gasteiger partial charge in [-0.15, -0.1) is 0 Å². The third-order valence-corrected chi connectivity index (χ3v) is 6.95. The molecule has 1 unspecified atom stereocenters. The summed E-state index contributed by atoms with van der Waals surface area (Å²) in [4.78, 5) is 38.5. The highest BCUT2D eigenvalue weighted by Gasteiger charge is 2.35. The van der Waals surface area contributed by atoms with Crippen LogP contribution in [0.15, 0.2) is 53.4 Å². The highest BCUT2D eigenvalue weighted by molar-refractivity contribution is 8.14. The fourth-order valence-corrected chi connectivity index (χ4v) is 4.85. The fourth-order valence-electron chi connectivity index (χ4n) is 3.98. The maximum absolute atomic E-state index is 13.1. The van der Waals surface area contributed by atoms with Gasteiger partial charge in [-0.05, 0) is 54.4 Å². The number of nitrogens with one attached hydrogen (secondary N) is 2. The zero-order valence-corrected chi connectivity index (χ0v) is 19.3. The molecule has 2 amide bonds. The third kappa shape index (κ3) is 6.36. The third-order valence-electron chi connectivity index (χ3n) is 5.89. The second-order valence-corrected chi connectivity index (χ2v) is 9.66. The van der Waals surface area contributed by atoms with Gasteiger partial charge in [-0.1, -0.05) is 50.5 Å². The van der Waals surface area contributed by atoms with Crippen molar-refractivity contribution in [2.24, 2.45) is 5.41 Å². The lowest BCUT2D eigenvalue weighted by Gasteiger charge is -2.32. The van der Waals surface area contributed by atoms with E-state index >= 15 is 0 Å². The topological polar surface area (TPSA) is 95.5 Å². The number of phenolic OH excluding ortho intramolecular Hbond substituents is 1. The second kappa shape index (κ2) is 10.7. The van der Waals surface area contributed by atoms with E-state index in [1.807, 2.05) is 19.1 Å². The van der Waals surface area contributed by atoms with E-state index in [1.165, 1.54) is 6.92 Å². The van der Waals surface area contributed by atoms with Crippen molar-refractivity contribution in [2.45, 2.75) is 63.3 Å². The Morgan fingerprint density at radius 3 is 2.34 bits per heavy atom. The predicted molar refractivity (Wildman–Crippen MR) is 127 cm³/mol. The zero-order valence-electron chi connectivity index (χ0n) is 18.5. The lowest BCUT2D eigenvalue weighted by molar-refractivity contribution is -0.126. The van der Waals surface area contributed by atoms with Crippen molar-refractivity contribution < 1.29 is 19.5 Å². The second-order valence-electron chi connectivity index (χ2n) is 8.62. The molecule has 3 N–H and O–H groups in total. The summed E-state index contributed by atoms with van der Waals surface area (Å²) < 4.78 is 0. The highest BCUT2D eigenvalue weighted by Crippen LogP contribution is 2.38. The van der Waals surface area contributed by atoms with Crippen LogP contribution in [0.4, 0.5) is 5.69 Å². The lowest BCUT2D eigenvalue weighted by atomic mass is 9.75. The van der Waals surface area contributed by atoms with Gasteiger partial charge < -0.3 is 15.7 Å². The molecule has 0 radical (unpaired) electrons. The summed E-state index contributed by atoms with van der Waals surface area (Å²) in [5, 5.41) is 15.0. The molecule has 1 fully saturated rings. The summed E-state index contributed by atoms with van der Waals surface area (Å²) in [6, 6.07) is 13.1. The van der Waals surface area contributed by atoms with Crippen LogP contribution in [0.3, 0.4) is 0 Å². The summed E-state index contributed by atoms with van der Waals surface area (Å²) >= 11 is 1.01. The van der Waals surface area contributed by atoms with Gasteiger partial charge in [0.05, 0.1) is 5.69 Å². The average molecular weight is 455 g/mol. The van der Waals surface area contributed by atoms with Crippen LogP contribution in [-0.2, 0) is 20.8 Å². The SMILES string of the molecule is CC(=O)NC(Cc1ccc(O)cc1)C(=O)Sc1ccccc1NC(=O)C1(C)CCCCC1. The van der Waals surface area contributed by atoms with E-state index in [1.54, 1.807) is 36.4 Å². The Morgan fingerprint density at radius 2 is 1.69 bits per heavy atom. The van der Waals surface area contributed by atoms with Crippen LogP contribution >= 0.6 is 11.8 Å². The number of carbonyl (C=O) groups is 3. The first kappa shape index (κ1) is 23.9. The van der Waals surface area contributed by atoms with Crippen LogP contribution in [0.2, 0.25) is 0 Å². The molecule has 0 heterocycles. The number of anilines is 1. The standard InChI is InChI=1S/C25H30N2O4S/c1-17(28)26-21(16-18-10-12-19(29)13-11-18)23(30)32-22-9-5-4-8-20(22)27-24(31)25(2)14-6-3-7-15-25/h4-5,8-13,21,29H,3,6-7,14-16H2,1-2H3,(H,26,28)(H,27,31). The molecule has 2 aromatic carbocycles. The molecule has 0 aliphatic heterocycles. The van der Waals surface area contributed by atoms with Crippen molar-refractivity contribution >= 4 is 34.4 Å². The van der Waals surface area contributed by atoms with Gasteiger partial charge in [0.15, 0.2) is 0 Å². The van der Waals surface area contributed by atoms with Crippen LogP contribution in [-0.4, -0.2) is 28.1 Å². The summed E-state index contributed by atoms with van der Waals surface area (Å²) in [6.07, 6.45) is 5.30. The minimum atomic E-state index is -0.735. The molecule has 6 nitrogen and oxygen atoms in total. The monoisotopic (exact) mass is 454 g/mol. The number of aromatic hydroxyl groups is 1. The molecule has 2 aromatic rings. The van der Waals surface area contributed by atoms with E-state index in [0.717, 1.165) is 49.4 Å². The minimum absolute atomic E-state index is 0.0137. The summed E-state index contributed by atoms with van der Waals surface area (Å²) in [5.74, 6) is -0.170. The van der Waals surface area contributed by atoms with Crippen molar-refractivity contribution in [3.8, 4) is 5.75 Å². The number of para-hydroxylation sites is 1. The van der Waals surface area contributed by atoms with E-state index < -0.39 is 11.5 Å². The first-order valence-corrected chi connectivity index (χ1v) is 11.8. The van der Waals surface area contributed by atoms with Crippen molar-refractivity contribution in [1.29, 1.82) is 0 Å². The number of rotatable bonds is 7. The van der Waals surface area contributed by atoms with Crippen molar-refractivity contribution in [3.05, 3.63) is 54.1 Å². The van der Waals surface area contributed by atoms with E-state index in [0.29, 0.717) is 17.0 Å². The number of hydrogen-bond donors (Lipinski definition) is 3. The summed E-state index contributed by atoms with van der Waals surface area (Å²) in [7, 11) is 0. The molecular weight excluding hydrogens is 424 g/mol. The van der Waals surface area contributed by atoms with Crippen molar-refractivity contribution in [2.75, 3.05) is 5.32 Å². The van der Waals surface area contributed by atoms with E-state index in [4.69, 9.17) is 0 Å². The van der Waals surface area contributed by atoms with E-state index in [2.05, 4.69) is 10.6 Å². The Balaban J connectivity index is 1.74. The summed E-state index contributed by atoms with van der Waals surface area (Å²) in [6.45, 7) is 3.38. The number of phenols is 1. The van der Waals surface area contributed by atoms with Gasteiger partial charge in [0.25, 0.3) is 0 Å². The molecule has 1 atom stereocenters. The molecule has 3 rings (SSSR count). The molecule has 1 aliphatic rings. The minimum Gasteiger partial charge on any atom is -0.508 e. The predicted octanol–water partition coefficient (Wildman–Crippen LogP) is 4.67. The number of carbonyl (C=O) groups excluding carboxylic acids is 3. The highest BCUT2D eigenvalue weighted by atomic mass is 32.2. The van der Waals surface area contributed by atoms with Crippen LogP contribution in [0.25, 0.3) is 0 Å². The fraction of sp³-hybridized carbons (Fsp3) is 0.400.